The lowest BCUT2D eigenvalue weighted by molar-refractivity contribution is -0.140. The molecule has 0 bridgehead atoms. The van der Waals surface area contributed by atoms with Crippen LogP contribution in [0.15, 0.2) is 30.9 Å². The van der Waals surface area contributed by atoms with Gasteiger partial charge in [0.2, 0.25) is 0 Å². The third-order valence-corrected chi connectivity index (χ3v) is 6.16. The molecule has 0 saturated heterocycles. The van der Waals surface area contributed by atoms with E-state index in [4.69, 9.17) is 18.9 Å². The Morgan fingerprint density at radius 3 is 1.05 bits per heavy atom. The first-order valence-corrected chi connectivity index (χ1v) is 14.0. The zero-order chi connectivity index (χ0) is 29.3. The van der Waals surface area contributed by atoms with E-state index in [1.807, 2.05) is 0 Å². The van der Waals surface area contributed by atoms with E-state index >= 15 is 0 Å². The number of rotatable bonds is 8. The van der Waals surface area contributed by atoms with E-state index in [-0.39, 0.29) is 57.5 Å². The molecule has 0 amide bonds. The number of hydrogen-bond donors (Lipinski definition) is 0. The van der Waals surface area contributed by atoms with Gasteiger partial charge >= 0.3 is 23.9 Å². The second-order valence-corrected chi connectivity index (χ2v) is 11.7. The number of aliphatic imine (C=N–C) groups is 2. The number of ether oxygens (including phenoxy) is 4. The lowest BCUT2D eigenvalue weighted by Crippen LogP contribution is -2.29. The fourth-order valence-corrected chi connectivity index (χ4v) is 5.38. The highest BCUT2D eigenvalue weighted by molar-refractivity contribution is 8.21. The molecule has 10 nitrogen and oxygen atoms in total. The summed E-state index contributed by atoms with van der Waals surface area (Å²) in [5, 5.41) is -0.0164. The van der Waals surface area contributed by atoms with Crippen molar-refractivity contribution in [1.29, 1.82) is 0 Å². The predicted molar refractivity (Wildman–Crippen MR) is 150 cm³/mol. The van der Waals surface area contributed by atoms with Gasteiger partial charge in [0.05, 0.1) is 37.5 Å². The Bertz CT molecular complexity index is 976. The average molecular weight is 571 g/mol. The fraction of sp³-hybridized carbons (Fsp3) is 0.615. The van der Waals surface area contributed by atoms with Crippen LogP contribution in [0.1, 0.15) is 69.2 Å². The Balaban J connectivity index is 4.35. The van der Waals surface area contributed by atoms with E-state index < -0.39 is 35.0 Å². The van der Waals surface area contributed by atoms with E-state index in [2.05, 4.69) is 9.98 Å². The quantitative estimate of drug-likeness (QED) is 0.301. The summed E-state index contributed by atoms with van der Waals surface area (Å²) >= 11 is 1.46. The van der Waals surface area contributed by atoms with E-state index in [1.54, 1.807) is 69.2 Å². The molecule has 0 fully saturated rings. The molecule has 1 aliphatic heterocycles. The molecule has 12 heteroatoms. The van der Waals surface area contributed by atoms with Gasteiger partial charge in [-0.1, -0.05) is 23.5 Å². The second-order valence-electron chi connectivity index (χ2n) is 9.67. The standard InChI is InChI=1S/C26H38N2O8S2/c1-11-33-21(29)15-17(23(31)35-13-3)37-20(28-26(8,9)10)16(22(30)34-12-2)18(24(32)36-14-4)38-19(15)27-25(5,6)7/h11-14H2,1-10H3/b17-15+,18-16+,27-19?,28-20?. The molecule has 0 radical (unpaired) electrons. The normalized spacial score (nSPS) is 21.0. The fourth-order valence-electron chi connectivity index (χ4n) is 2.81. The van der Waals surface area contributed by atoms with Crippen LogP contribution in [-0.2, 0) is 38.1 Å². The van der Waals surface area contributed by atoms with Crippen LogP contribution >= 0.6 is 23.5 Å². The maximum absolute atomic E-state index is 13.3. The van der Waals surface area contributed by atoms with Crippen molar-refractivity contribution in [2.75, 3.05) is 26.4 Å². The monoisotopic (exact) mass is 570 g/mol. The third kappa shape index (κ3) is 9.94. The van der Waals surface area contributed by atoms with Gasteiger partial charge in [-0.25, -0.2) is 19.2 Å². The van der Waals surface area contributed by atoms with E-state index in [0.29, 0.717) is 0 Å². The molecule has 0 saturated carbocycles. The van der Waals surface area contributed by atoms with Crippen LogP contribution in [0.3, 0.4) is 0 Å². The van der Waals surface area contributed by atoms with Crippen LogP contribution in [0.2, 0.25) is 0 Å². The molecule has 1 aliphatic rings. The van der Waals surface area contributed by atoms with Crippen LogP contribution in [0.4, 0.5) is 0 Å². The van der Waals surface area contributed by atoms with Crippen molar-refractivity contribution < 1.29 is 38.1 Å². The van der Waals surface area contributed by atoms with Gasteiger partial charge in [0.25, 0.3) is 0 Å². The number of hydrogen-bond acceptors (Lipinski definition) is 12. The van der Waals surface area contributed by atoms with Gasteiger partial charge in [0, 0.05) is 0 Å². The summed E-state index contributed by atoms with van der Waals surface area (Å²) in [7, 11) is 0. The van der Waals surface area contributed by atoms with Crippen LogP contribution in [-0.4, -0.2) is 71.5 Å². The van der Waals surface area contributed by atoms with Gasteiger partial charge in [0.15, 0.2) is 0 Å². The Kier molecular flexibility index (Phi) is 12.8. The van der Waals surface area contributed by atoms with Crippen LogP contribution < -0.4 is 0 Å². The molecular formula is C26H38N2O8S2. The largest absolute Gasteiger partial charge is 0.462 e. The summed E-state index contributed by atoms with van der Waals surface area (Å²) in [4.78, 5) is 62.2. The summed E-state index contributed by atoms with van der Waals surface area (Å²) < 4.78 is 21.2. The van der Waals surface area contributed by atoms with Crippen molar-refractivity contribution in [1.82, 2.24) is 0 Å². The summed E-state index contributed by atoms with van der Waals surface area (Å²) in [6.45, 7) is 17.3. The Morgan fingerprint density at radius 2 is 0.816 bits per heavy atom. The maximum atomic E-state index is 13.3. The van der Waals surface area contributed by atoms with Crippen molar-refractivity contribution in [2.24, 2.45) is 9.98 Å². The van der Waals surface area contributed by atoms with E-state index in [1.165, 1.54) is 0 Å². The van der Waals surface area contributed by atoms with Gasteiger partial charge in [0.1, 0.15) is 31.0 Å². The summed E-state index contributed by atoms with van der Waals surface area (Å²) in [6.07, 6.45) is 0. The molecule has 0 aromatic heterocycles. The molecule has 38 heavy (non-hydrogen) atoms. The summed E-state index contributed by atoms with van der Waals surface area (Å²) in [6, 6.07) is 0. The topological polar surface area (TPSA) is 130 Å². The number of esters is 4. The minimum Gasteiger partial charge on any atom is -0.462 e. The molecule has 1 rings (SSSR count). The van der Waals surface area contributed by atoms with Gasteiger partial charge in [-0.2, -0.15) is 0 Å². The molecule has 0 unspecified atom stereocenters. The van der Waals surface area contributed by atoms with Crippen molar-refractivity contribution >= 4 is 57.5 Å². The average Bonchev–Trinajstić information content (AvgIpc) is 2.75. The molecule has 212 valence electrons. The zero-order valence-electron chi connectivity index (χ0n) is 23.8. The minimum absolute atomic E-state index is 0.00818. The Hall–Kier alpha value is -2.60. The van der Waals surface area contributed by atoms with Crippen molar-refractivity contribution in [3.63, 3.8) is 0 Å². The highest BCUT2D eigenvalue weighted by atomic mass is 32.2. The second kappa shape index (κ2) is 14.5. The number of carbonyl (C=O) groups excluding carboxylic acids is 4. The first-order chi connectivity index (χ1) is 17.6. The van der Waals surface area contributed by atoms with Gasteiger partial charge < -0.3 is 18.9 Å². The van der Waals surface area contributed by atoms with Crippen molar-refractivity contribution in [2.45, 2.75) is 80.3 Å². The number of nitrogens with zero attached hydrogens (tertiary/aromatic N) is 2. The van der Waals surface area contributed by atoms with Crippen LogP contribution in [0.25, 0.3) is 0 Å². The SMILES string of the molecule is CCOC(=O)/C1=C(\C(=O)OCC)C(=NC(C)(C)C)S/C(C(=O)OCC)=C(/C(=O)OCC)C(=NC(C)(C)C)S1. The molecular weight excluding hydrogens is 532 g/mol. The Labute approximate surface area is 233 Å². The minimum atomic E-state index is -0.837. The van der Waals surface area contributed by atoms with E-state index in [0.717, 1.165) is 23.5 Å². The van der Waals surface area contributed by atoms with Crippen molar-refractivity contribution in [3.05, 3.63) is 21.0 Å². The van der Waals surface area contributed by atoms with Gasteiger partial charge in [-0.05, 0) is 69.2 Å². The van der Waals surface area contributed by atoms with E-state index in [9.17, 15) is 19.2 Å². The molecule has 0 N–H and O–H groups in total. The maximum Gasteiger partial charge on any atom is 0.346 e. The molecule has 1 heterocycles. The predicted octanol–water partition coefficient (Wildman–Crippen LogP) is 4.62. The lowest BCUT2D eigenvalue weighted by Gasteiger charge is -2.25. The highest BCUT2D eigenvalue weighted by Gasteiger charge is 2.40. The van der Waals surface area contributed by atoms with Crippen LogP contribution in [0.5, 0.6) is 0 Å². The molecule has 0 atom stereocenters. The van der Waals surface area contributed by atoms with Gasteiger partial charge in [-0.3, -0.25) is 9.98 Å². The number of thioether (sulfide) groups is 2. The van der Waals surface area contributed by atoms with Crippen LogP contribution in [0, 0.1) is 0 Å². The Morgan fingerprint density at radius 1 is 0.553 bits per heavy atom. The first kappa shape index (κ1) is 33.4. The smallest absolute Gasteiger partial charge is 0.346 e. The third-order valence-electron chi connectivity index (χ3n) is 4.03. The zero-order valence-corrected chi connectivity index (χ0v) is 25.4. The molecule has 0 aromatic carbocycles. The van der Waals surface area contributed by atoms with Gasteiger partial charge in [-0.15, -0.1) is 0 Å². The summed E-state index contributed by atoms with van der Waals surface area (Å²) in [5.74, 6) is -3.33. The molecule has 0 aromatic rings. The molecule has 0 spiro atoms. The highest BCUT2D eigenvalue weighted by Crippen LogP contribution is 2.40. The molecule has 0 aliphatic carbocycles. The summed E-state index contributed by atoms with van der Waals surface area (Å²) in [5.41, 5.74) is -1.89. The first-order valence-electron chi connectivity index (χ1n) is 12.3. The number of carbonyl (C=O) groups is 4. The van der Waals surface area contributed by atoms with Crippen molar-refractivity contribution in [3.8, 4) is 0 Å². The lowest BCUT2D eigenvalue weighted by atomic mass is 10.1.